The van der Waals surface area contributed by atoms with Gasteiger partial charge >= 0.3 is 0 Å². The van der Waals surface area contributed by atoms with Crippen molar-refractivity contribution >= 4 is 17.5 Å². The Kier molecular flexibility index (Phi) is 2.71. The third kappa shape index (κ3) is 1.60. The zero-order valence-electron chi connectivity index (χ0n) is 13.6. The largest absolute Gasteiger partial charge is 0.497 e. The highest BCUT2D eigenvalue weighted by atomic mass is 16.5. The molecular weight excluding hydrogens is 306 g/mol. The summed E-state index contributed by atoms with van der Waals surface area (Å²) in [5.41, 5.74) is 0.495. The molecule has 1 aromatic carbocycles. The highest BCUT2D eigenvalue weighted by Gasteiger charge is 2.67. The second-order valence-electron chi connectivity index (χ2n) is 7.20. The number of hydrogen-bond donors (Lipinski definition) is 0. The first kappa shape index (κ1) is 14.1. The number of nitrogens with zero attached hydrogens (tertiary/aromatic N) is 1. The van der Waals surface area contributed by atoms with E-state index in [0.29, 0.717) is 29.0 Å². The fraction of sp³-hybridized carbons (Fsp3) is 0.474. The zero-order valence-corrected chi connectivity index (χ0v) is 13.6. The minimum absolute atomic E-state index is 0.0822. The molecule has 0 unspecified atom stereocenters. The Bertz CT molecular complexity index is 750. The van der Waals surface area contributed by atoms with Gasteiger partial charge in [-0.1, -0.05) is 12.2 Å². The molecular formula is C19H19NO4. The van der Waals surface area contributed by atoms with Crippen molar-refractivity contribution in [2.75, 3.05) is 19.1 Å². The first-order chi connectivity index (χ1) is 11.7. The molecule has 0 radical (unpaired) electrons. The number of imide groups is 1. The van der Waals surface area contributed by atoms with Crippen LogP contribution in [0.5, 0.6) is 11.5 Å². The predicted molar refractivity (Wildman–Crippen MR) is 86.7 cm³/mol. The number of anilines is 1. The molecule has 1 heterocycles. The molecule has 0 aromatic heterocycles. The van der Waals surface area contributed by atoms with Crippen LogP contribution in [0.4, 0.5) is 5.69 Å². The van der Waals surface area contributed by atoms with E-state index >= 15 is 0 Å². The van der Waals surface area contributed by atoms with E-state index in [9.17, 15) is 9.59 Å². The van der Waals surface area contributed by atoms with Crippen LogP contribution >= 0.6 is 0 Å². The van der Waals surface area contributed by atoms with Gasteiger partial charge in [0, 0.05) is 6.07 Å². The van der Waals surface area contributed by atoms with E-state index in [-0.39, 0.29) is 35.5 Å². The van der Waals surface area contributed by atoms with Gasteiger partial charge in [0.2, 0.25) is 11.8 Å². The fourth-order valence-electron chi connectivity index (χ4n) is 5.17. The second kappa shape index (κ2) is 4.62. The van der Waals surface area contributed by atoms with Gasteiger partial charge < -0.3 is 9.47 Å². The van der Waals surface area contributed by atoms with Crippen molar-refractivity contribution in [3.63, 3.8) is 0 Å². The van der Waals surface area contributed by atoms with Gasteiger partial charge in [-0.2, -0.15) is 0 Å². The number of methoxy groups -OCH3 is 2. The number of allylic oxidation sites excluding steroid dienone is 2. The standard InChI is InChI=1S/C19H19NO4/c1-23-9-3-6-15(24-2)14(7-9)20-18(21)16-10-4-5-11(13-8-12(10)13)17(16)19(20)22/h3-7,10-13,16-17H,8H2,1-2H3/t10-,11+,12-,13-,16+,17+/m1/s1. The van der Waals surface area contributed by atoms with Crippen LogP contribution in [-0.2, 0) is 9.59 Å². The van der Waals surface area contributed by atoms with E-state index in [1.807, 2.05) is 0 Å². The molecule has 5 aliphatic rings. The molecule has 0 N–H and O–H groups in total. The lowest BCUT2D eigenvalue weighted by molar-refractivity contribution is -0.124. The van der Waals surface area contributed by atoms with Crippen LogP contribution in [-0.4, -0.2) is 26.0 Å². The monoisotopic (exact) mass is 325 g/mol. The zero-order chi connectivity index (χ0) is 16.6. The van der Waals surface area contributed by atoms with Crippen molar-refractivity contribution in [2.24, 2.45) is 35.5 Å². The maximum atomic E-state index is 13.1. The minimum Gasteiger partial charge on any atom is -0.497 e. The summed E-state index contributed by atoms with van der Waals surface area (Å²) >= 11 is 0. The fourth-order valence-corrected chi connectivity index (χ4v) is 5.17. The lowest BCUT2D eigenvalue weighted by Crippen LogP contribution is -2.40. The van der Waals surface area contributed by atoms with Gasteiger partial charge in [0.05, 0.1) is 31.7 Å². The average molecular weight is 325 g/mol. The van der Waals surface area contributed by atoms with Gasteiger partial charge in [-0.3, -0.25) is 9.59 Å². The van der Waals surface area contributed by atoms with Crippen LogP contribution in [0.1, 0.15) is 6.42 Å². The summed E-state index contributed by atoms with van der Waals surface area (Å²) in [5, 5.41) is 0. The number of carbonyl (C=O) groups excluding carboxylic acids is 2. The maximum absolute atomic E-state index is 13.1. The van der Waals surface area contributed by atoms with Gasteiger partial charge in [0.1, 0.15) is 11.5 Å². The molecule has 6 rings (SSSR count). The lowest BCUT2D eigenvalue weighted by Gasteiger charge is -2.37. The molecule has 0 spiro atoms. The van der Waals surface area contributed by atoms with Crippen LogP contribution in [0.3, 0.4) is 0 Å². The quantitative estimate of drug-likeness (QED) is 0.632. The topological polar surface area (TPSA) is 55.8 Å². The summed E-state index contributed by atoms with van der Waals surface area (Å²) in [4.78, 5) is 27.6. The number of benzene rings is 1. The highest BCUT2D eigenvalue weighted by molar-refractivity contribution is 6.23. The third-order valence-electron chi connectivity index (χ3n) is 6.29. The first-order valence-electron chi connectivity index (χ1n) is 8.44. The summed E-state index contributed by atoms with van der Waals surface area (Å²) in [5.74, 6) is 2.20. The number of carbonyl (C=O) groups is 2. The van der Waals surface area contributed by atoms with Gasteiger partial charge in [-0.15, -0.1) is 0 Å². The van der Waals surface area contributed by atoms with Crippen LogP contribution in [0, 0.1) is 35.5 Å². The van der Waals surface area contributed by atoms with Crippen molar-refractivity contribution in [1.82, 2.24) is 0 Å². The van der Waals surface area contributed by atoms with Gasteiger partial charge in [0.25, 0.3) is 0 Å². The van der Waals surface area contributed by atoms with Crippen LogP contribution < -0.4 is 14.4 Å². The molecule has 5 heteroatoms. The molecule has 124 valence electrons. The summed E-state index contributed by atoms with van der Waals surface area (Å²) in [6.45, 7) is 0. The van der Waals surface area contributed by atoms with Gasteiger partial charge in [0.15, 0.2) is 0 Å². The highest BCUT2D eigenvalue weighted by Crippen LogP contribution is 2.65. The summed E-state index contributed by atoms with van der Waals surface area (Å²) in [7, 11) is 3.11. The molecule has 2 amide bonds. The van der Waals surface area contributed by atoms with E-state index in [4.69, 9.17) is 9.47 Å². The third-order valence-corrected chi connectivity index (χ3v) is 6.29. The maximum Gasteiger partial charge on any atom is 0.238 e. The Morgan fingerprint density at radius 3 is 2.12 bits per heavy atom. The smallest absolute Gasteiger partial charge is 0.238 e. The first-order valence-corrected chi connectivity index (χ1v) is 8.44. The van der Waals surface area contributed by atoms with Crippen molar-refractivity contribution in [1.29, 1.82) is 0 Å². The molecule has 1 aliphatic heterocycles. The number of amides is 2. The van der Waals surface area contributed by atoms with E-state index in [1.54, 1.807) is 32.4 Å². The van der Waals surface area contributed by atoms with Gasteiger partial charge in [-0.05, 0) is 42.2 Å². The Hall–Kier alpha value is -2.30. The van der Waals surface area contributed by atoms with Crippen molar-refractivity contribution in [3.05, 3.63) is 30.4 Å². The van der Waals surface area contributed by atoms with E-state index in [2.05, 4.69) is 12.2 Å². The summed E-state index contributed by atoms with van der Waals surface area (Å²) < 4.78 is 10.7. The average Bonchev–Trinajstić information content (AvgIpc) is 3.39. The molecule has 5 nitrogen and oxygen atoms in total. The van der Waals surface area contributed by atoms with Crippen molar-refractivity contribution in [3.8, 4) is 11.5 Å². The van der Waals surface area contributed by atoms with E-state index in [0.717, 1.165) is 0 Å². The molecule has 2 saturated carbocycles. The number of rotatable bonds is 3. The summed E-state index contributed by atoms with van der Waals surface area (Å²) in [6.07, 6.45) is 5.52. The van der Waals surface area contributed by atoms with Crippen LogP contribution in [0.25, 0.3) is 0 Å². The number of hydrogen-bond acceptors (Lipinski definition) is 4. The number of ether oxygens (including phenoxy) is 2. The van der Waals surface area contributed by atoms with Gasteiger partial charge in [-0.25, -0.2) is 4.90 Å². The normalized spacial score (nSPS) is 38.2. The summed E-state index contributed by atoms with van der Waals surface area (Å²) in [6, 6.07) is 5.21. The Morgan fingerprint density at radius 2 is 1.58 bits per heavy atom. The predicted octanol–water partition coefficient (Wildman–Crippen LogP) is 2.26. The van der Waals surface area contributed by atoms with Crippen molar-refractivity contribution < 1.29 is 19.1 Å². The molecule has 6 atom stereocenters. The Morgan fingerprint density at radius 1 is 0.958 bits per heavy atom. The minimum atomic E-state index is -0.202. The molecule has 24 heavy (non-hydrogen) atoms. The molecule has 3 fully saturated rings. The van der Waals surface area contributed by atoms with Crippen molar-refractivity contribution in [2.45, 2.75) is 6.42 Å². The molecule has 2 bridgehead atoms. The Labute approximate surface area is 140 Å². The molecule has 1 aromatic rings. The molecule has 4 aliphatic carbocycles. The second-order valence-corrected chi connectivity index (χ2v) is 7.20. The lowest BCUT2D eigenvalue weighted by atomic mass is 9.63. The van der Waals surface area contributed by atoms with E-state index in [1.165, 1.54) is 11.3 Å². The SMILES string of the molecule is COc1ccc(OC)c(N2C(=O)[C@H]3[C@@H]4C=C[C@@H]([C@H]5C[C@H]45)[C@@H]3C2=O)c1. The van der Waals surface area contributed by atoms with Crippen LogP contribution in [0.15, 0.2) is 30.4 Å². The Balaban J connectivity index is 1.60. The molecule has 1 saturated heterocycles. The van der Waals surface area contributed by atoms with Crippen LogP contribution in [0.2, 0.25) is 0 Å². The van der Waals surface area contributed by atoms with E-state index < -0.39 is 0 Å².